The van der Waals surface area contributed by atoms with E-state index in [2.05, 4.69) is 5.10 Å². The number of likely N-dealkylation sites (tertiary alicyclic amines) is 1. The van der Waals surface area contributed by atoms with Crippen molar-refractivity contribution in [1.29, 1.82) is 0 Å². The normalized spacial score (nSPS) is 15.3. The molecule has 2 aromatic rings. The van der Waals surface area contributed by atoms with Crippen molar-refractivity contribution >= 4 is 23.5 Å². The zero-order valence-electron chi connectivity index (χ0n) is 13.8. The number of benzene rings is 1. The molecule has 0 unspecified atom stereocenters. The third-order valence-electron chi connectivity index (χ3n) is 4.58. The number of hydrogen-bond acceptors (Lipinski definition) is 3. The fourth-order valence-corrected chi connectivity index (χ4v) is 3.21. The smallest absolute Gasteiger partial charge is 0.338 e. The number of amides is 1. The summed E-state index contributed by atoms with van der Waals surface area (Å²) in [4.78, 5) is 25.2. The summed E-state index contributed by atoms with van der Waals surface area (Å²) in [5, 5.41) is 13.8. The maximum atomic E-state index is 12.4. The average Bonchev–Trinajstić information content (AvgIpc) is 3.11. The molecule has 0 bridgehead atoms. The number of halogens is 1. The quantitative estimate of drug-likeness (QED) is 0.888. The molecule has 0 radical (unpaired) electrons. The van der Waals surface area contributed by atoms with E-state index in [1.165, 1.54) is 6.20 Å². The fourth-order valence-electron chi connectivity index (χ4n) is 3.09. The Kier molecular flexibility index (Phi) is 5.38. The van der Waals surface area contributed by atoms with Gasteiger partial charge in [-0.3, -0.25) is 9.48 Å². The summed E-state index contributed by atoms with van der Waals surface area (Å²) in [5.41, 5.74) is 1.30. The number of rotatable bonds is 5. The Hall–Kier alpha value is -2.34. The van der Waals surface area contributed by atoms with E-state index in [-0.39, 0.29) is 17.5 Å². The van der Waals surface area contributed by atoms with Gasteiger partial charge in [-0.05, 0) is 37.0 Å². The first-order valence-corrected chi connectivity index (χ1v) is 8.70. The minimum Gasteiger partial charge on any atom is -0.478 e. The lowest BCUT2D eigenvalue weighted by atomic mass is 10.0. The van der Waals surface area contributed by atoms with Crippen LogP contribution in [0.5, 0.6) is 0 Å². The van der Waals surface area contributed by atoms with E-state index >= 15 is 0 Å². The van der Waals surface area contributed by atoms with E-state index in [9.17, 15) is 9.59 Å². The van der Waals surface area contributed by atoms with E-state index in [1.54, 1.807) is 10.9 Å². The van der Waals surface area contributed by atoms with E-state index in [1.807, 2.05) is 29.2 Å². The van der Waals surface area contributed by atoms with Crippen molar-refractivity contribution in [3.8, 4) is 0 Å². The average molecular weight is 362 g/mol. The first-order valence-electron chi connectivity index (χ1n) is 8.32. The molecule has 7 heteroatoms. The van der Waals surface area contributed by atoms with Gasteiger partial charge in [-0.2, -0.15) is 5.10 Å². The number of carboxylic acid groups (broad SMARTS) is 1. The van der Waals surface area contributed by atoms with Crippen LogP contribution < -0.4 is 0 Å². The van der Waals surface area contributed by atoms with Crippen LogP contribution in [0.25, 0.3) is 0 Å². The van der Waals surface area contributed by atoms with Crippen LogP contribution in [0.3, 0.4) is 0 Å². The second-order valence-electron chi connectivity index (χ2n) is 6.25. The maximum absolute atomic E-state index is 12.4. The van der Waals surface area contributed by atoms with Crippen LogP contribution >= 0.6 is 11.6 Å². The molecule has 132 valence electrons. The lowest BCUT2D eigenvalue weighted by Crippen LogP contribution is -2.39. The Morgan fingerprint density at radius 3 is 2.48 bits per heavy atom. The van der Waals surface area contributed by atoms with Gasteiger partial charge in [-0.1, -0.05) is 23.7 Å². The molecule has 2 heterocycles. The number of carboxylic acids is 1. The Bertz CT molecular complexity index is 749. The van der Waals surface area contributed by atoms with Gasteiger partial charge < -0.3 is 10.0 Å². The Morgan fingerprint density at radius 2 is 1.88 bits per heavy atom. The van der Waals surface area contributed by atoms with Crippen molar-refractivity contribution in [3.05, 3.63) is 52.8 Å². The molecule has 1 amide bonds. The lowest BCUT2D eigenvalue weighted by Gasteiger charge is -2.32. The SMILES string of the molecule is O=C(O)c1cnn(C2CCN(C(=O)CCc3ccc(Cl)cc3)CC2)c1. The minimum absolute atomic E-state index is 0.147. The second-order valence-corrected chi connectivity index (χ2v) is 6.69. The number of nitrogens with zero attached hydrogens (tertiary/aromatic N) is 3. The number of carbonyl (C=O) groups is 2. The fraction of sp³-hybridized carbons (Fsp3) is 0.389. The van der Waals surface area contributed by atoms with Crippen molar-refractivity contribution in [2.75, 3.05) is 13.1 Å². The summed E-state index contributed by atoms with van der Waals surface area (Å²) in [6, 6.07) is 7.71. The third kappa shape index (κ3) is 4.39. The van der Waals surface area contributed by atoms with Gasteiger partial charge in [0.1, 0.15) is 0 Å². The van der Waals surface area contributed by atoms with Crippen molar-refractivity contribution in [2.24, 2.45) is 0 Å². The predicted molar refractivity (Wildman–Crippen MR) is 93.8 cm³/mol. The van der Waals surface area contributed by atoms with Crippen LogP contribution in [0, 0.1) is 0 Å². The topological polar surface area (TPSA) is 75.4 Å². The van der Waals surface area contributed by atoms with Gasteiger partial charge >= 0.3 is 5.97 Å². The molecule has 6 nitrogen and oxygen atoms in total. The lowest BCUT2D eigenvalue weighted by molar-refractivity contribution is -0.132. The zero-order chi connectivity index (χ0) is 17.8. The van der Waals surface area contributed by atoms with Crippen molar-refractivity contribution < 1.29 is 14.7 Å². The Balaban J connectivity index is 1.48. The molecule has 0 saturated carbocycles. The number of carbonyl (C=O) groups excluding carboxylic acids is 1. The number of hydrogen-bond donors (Lipinski definition) is 1. The molecule has 25 heavy (non-hydrogen) atoms. The summed E-state index contributed by atoms with van der Waals surface area (Å²) < 4.78 is 1.71. The number of aromatic nitrogens is 2. The molecule has 0 atom stereocenters. The van der Waals surface area contributed by atoms with Crippen LogP contribution in [0.15, 0.2) is 36.7 Å². The molecule has 1 aliphatic rings. The molecule has 1 N–H and O–H groups in total. The molecule has 1 aromatic carbocycles. The zero-order valence-corrected chi connectivity index (χ0v) is 14.5. The van der Waals surface area contributed by atoms with Gasteiger partial charge in [0.2, 0.25) is 5.91 Å². The van der Waals surface area contributed by atoms with Gasteiger partial charge in [-0.15, -0.1) is 0 Å². The molecule has 1 fully saturated rings. The number of aromatic carboxylic acids is 1. The molecule has 3 rings (SSSR count). The summed E-state index contributed by atoms with van der Waals surface area (Å²) in [7, 11) is 0. The highest BCUT2D eigenvalue weighted by atomic mass is 35.5. The number of aryl methyl sites for hydroxylation is 1. The highest BCUT2D eigenvalue weighted by Crippen LogP contribution is 2.23. The van der Waals surface area contributed by atoms with Gasteiger partial charge in [0.05, 0.1) is 17.8 Å². The van der Waals surface area contributed by atoms with Gasteiger partial charge in [0, 0.05) is 30.7 Å². The standard InChI is InChI=1S/C18H20ClN3O3/c19-15-4-1-13(2-5-15)3-6-17(23)21-9-7-16(8-10-21)22-12-14(11-20-22)18(24)25/h1-2,4-5,11-12,16H,3,6-10H2,(H,24,25). The van der Waals surface area contributed by atoms with Crippen LogP contribution in [-0.4, -0.2) is 44.8 Å². The summed E-state index contributed by atoms with van der Waals surface area (Å²) in [5.74, 6) is -0.818. The molecule has 0 spiro atoms. The van der Waals surface area contributed by atoms with Crippen molar-refractivity contribution in [2.45, 2.75) is 31.7 Å². The largest absolute Gasteiger partial charge is 0.478 e. The molecular weight excluding hydrogens is 342 g/mol. The molecular formula is C18H20ClN3O3. The number of piperidine rings is 1. The van der Waals surface area contributed by atoms with Gasteiger partial charge in [0.25, 0.3) is 0 Å². The van der Waals surface area contributed by atoms with E-state index in [4.69, 9.17) is 16.7 Å². The first-order chi connectivity index (χ1) is 12.0. The van der Waals surface area contributed by atoms with Gasteiger partial charge in [0.15, 0.2) is 0 Å². The second kappa shape index (κ2) is 7.70. The monoisotopic (exact) mass is 361 g/mol. The van der Waals surface area contributed by atoms with E-state index in [0.29, 0.717) is 31.0 Å². The van der Waals surface area contributed by atoms with Crippen LogP contribution in [0.1, 0.15) is 41.2 Å². The van der Waals surface area contributed by atoms with E-state index in [0.717, 1.165) is 18.4 Å². The highest BCUT2D eigenvalue weighted by molar-refractivity contribution is 6.30. The molecule has 0 aliphatic carbocycles. The van der Waals surface area contributed by atoms with Crippen molar-refractivity contribution in [1.82, 2.24) is 14.7 Å². The Morgan fingerprint density at radius 1 is 1.20 bits per heavy atom. The third-order valence-corrected chi connectivity index (χ3v) is 4.83. The van der Waals surface area contributed by atoms with Gasteiger partial charge in [-0.25, -0.2) is 4.79 Å². The van der Waals surface area contributed by atoms with Crippen LogP contribution in [0.4, 0.5) is 0 Å². The molecule has 1 saturated heterocycles. The van der Waals surface area contributed by atoms with Crippen molar-refractivity contribution in [3.63, 3.8) is 0 Å². The highest BCUT2D eigenvalue weighted by Gasteiger charge is 2.24. The first kappa shape index (κ1) is 17.5. The predicted octanol–water partition coefficient (Wildman–Crippen LogP) is 3.03. The molecule has 1 aromatic heterocycles. The van der Waals surface area contributed by atoms with Crippen LogP contribution in [0.2, 0.25) is 5.02 Å². The summed E-state index contributed by atoms with van der Waals surface area (Å²) >= 11 is 5.86. The summed E-state index contributed by atoms with van der Waals surface area (Å²) in [6.07, 6.45) is 5.69. The minimum atomic E-state index is -0.971. The summed E-state index contributed by atoms with van der Waals surface area (Å²) in [6.45, 7) is 1.35. The van der Waals surface area contributed by atoms with Crippen LogP contribution in [-0.2, 0) is 11.2 Å². The van der Waals surface area contributed by atoms with E-state index < -0.39 is 5.97 Å². The molecule has 1 aliphatic heterocycles. The Labute approximate surface area is 151 Å². The maximum Gasteiger partial charge on any atom is 0.338 e.